The number of hydrogen-bond acceptors (Lipinski definition) is 21. The number of para-hydroxylation sites is 1. The van der Waals surface area contributed by atoms with Crippen LogP contribution in [-0.4, -0.2) is 132 Å². The maximum absolute atomic E-state index is 13.5. The van der Waals surface area contributed by atoms with Gasteiger partial charge in [-0.25, -0.2) is 67.4 Å². The zero-order chi connectivity index (χ0) is 89.3. The van der Waals surface area contributed by atoms with E-state index in [1.807, 2.05) is 107 Å². The van der Waals surface area contributed by atoms with Crippen molar-refractivity contribution in [1.82, 2.24) is 39.9 Å². The molecule has 8 heterocycles. The van der Waals surface area contributed by atoms with E-state index < -0.39 is 11.6 Å². The van der Waals surface area contributed by atoms with Crippen molar-refractivity contribution in [2.24, 2.45) is 11.3 Å². The third-order valence-electron chi connectivity index (χ3n) is 22.3. The Balaban J connectivity index is 0.000000136. The fraction of sp³-hybridized carbons (Fsp3) is 0.333. The van der Waals surface area contributed by atoms with Crippen LogP contribution in [-0.2, 0) is 20.8 Å². The van der Waals surface area contributed by atoms with Crippen molar-refractivity contribution in [3.05, 3.63) is 252 Å². The van der Waals surface area contributed by atoms with E-state index in [-0.39, 0.29) is 52.6 Å². The molecule has 3 fully saturated rings. The van der Waals surface area contributed by atoms with Gasteiger partial charge in [-0.2, -0.15) is 0 Å². The molecule has 0 radical (unpaired) electrons. The van der Waals surface area contributed by atoms with Crippen molar-refractivity contribution in [2.45, 2.75) is 171 Å². The summed E-state index contributed by atoms with van der Waals surface area (Å²) in [5.41, 5.74) is 14.0. The molecule has 9 aromatic carbocycles. The molecule has 3 aliphatic heterocycles. The van der Waals surface area contributed by atoms with Crippen molar-refractivity contribution >= 4 is 113 Å². The average molecular weight is 1720 g/mol. The summed E-state index contributed by atoms with van der Waals surface area (Å²) in [5.74, 6) is 2.97. The molecule has 0 N–H and O–H groups in total. The summed E-state index contributed by atoms with van der Waals surface area (Å²) in [4.78, 5) is 98.4. The number of aromatic nitrogens is 8. The number of hydrogen-bond donors (Lipinski definition) is 0. The monoisotopic (exact) mass is 1720 g/mol. The number of carbonyl (C=O) groups excluding carboxylic acids is 4. The smallest absolute Gasteiger partial charge is 0.338 e. The van der Waals surface area contributed by atoms with Crippen molar-refractivity contribution < 1.29 is 51.0 Å². The molecule has 0 amide bonds. The van der Waals surface area contributed by atoms with Gasteiger partial charge in [0.25, 0.3) is 0 Å². The Labute approximate surface area is 737 Å². The summed E-state index contributed by atoms with van der Waals surface area (Å²) in [7, 11) is 2.00. The molecule has 650 valence electrons. The number of halogens is 3. The van der Waals surface area contributed by atoms with Gasteiger partial charge < -0.3 is 38.2 Å². The SMILES string of the molecule is CC(C)CCOC(=O)c1ccc2nc(-c3ccc(F)cc3)c(N3CCC[C@@H]3C)nc2c1.CC(C)N(C)c1nc2cc(C(=O)SCC(C)(C)C)ccc2nc1-c1cc2ccccc2o1.C[C@H]1CCCN1c1nc2cc(C(=O)OC(C)(C)C)ccc2nc1-c1ccc(F)cc1.C[C@H]1CCCN1c1nc2cc(C(=O)OCc3ccccc3)ccc2nc1-c1ccc(F)cc1. The second-order valence-corrected chi connectivity index (χ2v) is 36.3. The molecule has 24 heteroatoms. The van der Waals surface area contributed by atoms with Gasteiger partial charge in [0.05, 0.1) is 67.4 Å². The number of benzene rings is 9. The van der Waals surface area contributed by atoms with Gasteiger partial charge in [-0.3, -0.25) is 4.79 Å². The molecule has 3 atom stereocenters. The molecule has 3 aliphatic rings. The van der Waals surface area contributed by atoms with E-state index in [0.717, 1.165) is 149 Å². The molecule has 0 spiro atoms. The van der Waals surface area contributed by atoms with Crippen LogP contribution in [0.1, 0.15) is 182 Å². The molecule has 17 rings (SSSR count). The summed E-state index contributed by atoms with van der Waals surface area (Å²) in [5, 5.41) is 1.09. The first-order chi connectivity index (χ1) is 60.3. The Kier molecular flexibility index (Phi) is 27.9. The fourth-order valence-electron chi connectivity index (χ4n) is 15.2. The Morgan fingerprint density at radius 3 is 1.26 bits per heavy atom. The summed E-state index contributed by atoms with van der Waals surface area (Å²) in [6.45, 7) is 30.1. The lowest BCUT2D eigenvalue weighted by molar-refractivity contribution is 0.00688. The standard InChI is InChI=1S/C27H24FN3O2.C26H29N3O2S.C25H28FN3O2.C24H26FN3O2/c1-18-6-5-15-31(18)26-25(20-9-12-22(28)13-10-20)29-23-14-11-21(16-24(23)30-26)27(32)33-17-19-7-3-2-4-8-19;1-16(2)29(6)24-23(22-14-17-9-7-8-10-21(17)31-22)27-19-12-11-18(13-20(19)28-24)25(30)32-15-26(3,4)5;1-16(2)12-14-31-25(30)19-8-11-21-22(15-19)28-24(29-13-4-5-17(29)3)23(27-21)18-6-9-20(26)10-7-18;1-15-6-5-13-28(15)22-21(16-7-10-18(25)11-8-16)26-19-12-9-17(14-20(19)27-22)23(29)30-24(2,3)4/h2-4,7-14,16,18H,5-6,15,17H2,1H3;7-14,16H,15H2,1-6H3;6-11,15-17H,4-5,12-14H2,1-3H3;7-12,14-15H,5-6,13H2,1-4H3/t18-;;17-;15-/m0.00/s1. The van der Waals surface area contributed by atoms with Gasteiger partial charge >= 0.3 is 17.9 Å². The van der Waals surface area contributed by atoms with Gasteiger partial charge in [0.1, 0.15) is 58.0 Å². The van der Waals surface area contributed by atoms with Crippen LogP contribution in [0.2, 0.25) is 0 Å². The van der Waals surface area contributed by atoms with E-state index in [0.29, 0.717) is 103 Å². The normalized spacial score (nSPS) is 15.2. The predicted molar refractivity (Wildman–Crippen MR) is 498 cm³/mol. The van der Waals surface area contributed by atoms with Crippen LogP contribution >= 0.6 is 11.8 Å². The van der Waals surface area contributed by atoms with Gasteiger partial charge in [0.2, 0.25) is 5.12 Å². The number of fused-ring (bicyclic) bond motifs is 5. The van der Waals surface area contributed by atoms with E-state index >= 15 is 0 Å². The largest absolute Gasteiger partial charge is 0.462 e. The Hall–Kier alpha value is -12.7. The lowest BCUT2D eigenvalue weighted by Gasteiger charge is -2.25. The van der Waals surface area contributed by atoms with Crippen molar-refractivity contribution in [1.29, 1.82) is 0 Å². The minimum Gasteiger partial charge on any atom is -0.462 e. The van der Waals surface area contributed by atoms with Crippen LogP contribution in [0.3, 0.4) is 0 Å². The topological polar surface area (TPSA) is 225 Å². The van der Waals surface area contributed by atoms with Crippen LogP contribution < -0.4 is 19.6 Å². The van der Waals surface area contributed by atoms with E-state index in [1.54, 1.807) is 91.0 Å². The number of carbonyl (C=O) groups is 4. The molecule has 0 bridgehead atoms. The zero-order valence-corrected chi connectivity index (χ0v) is 74.7. The third-order valence-corrected chi connectivity index (χ3v) is 23.8. The predicted octanol–water partition coefficient (Wildman–Crippen LogP) is 23.6. The zero-order valence-electron chi connectivity index (χ0n) is 73.9. The summed E-state index contributed by atoms with van der Waals surface area (Å²) >= 11 is 1.35. The molecule has 14 aromatic rings. The molecule has 0 unspecified atom stereocenters. The van der Waals surface area contributed by atoms with Crippen LogP contribution in [0, 0.1) is 28.8 Å². The Morgan fingerprint density at radius 2 is 0.857 bits per heavy atom. The quantitative estimate of drug-likeness (QED) is 0.0542. The van der Waals surface area contributed by atoms with Gasteiger partial charge in [0.15, 0.2) is 29.0 Å². The van der Waals surface area contributed by atoms with Crippen molar-refractivity contribution in [3.63, 3.8) is 0 Å². The minimum absolute atomic E-state index is 0.0590. The van der Waals surface area contributed by atoms with Crippen LogP contribution in [0.4, 0.5) is 36.4 Å². The molecule has 0 saturated carbocycles. The highest BCUT2D eigenvalue weighted by Crippen LogP contribution is 2.41. The van der Waals surface area contributed by atoms with E-state index in [4.69, 9.17) is 58.5 Å². The summed E-state index contributed by atoms with van der Waals surface area (Å²) in [6, 6.07) is 61.0. The number of nitrogens with zero attached hydrogens (tertiary/aromatic N) is 12. The highest BCUT2D eigenvalue weighted by Gasteiger charge is 2.32. The molecular formula is C102H107F3N12O8S. The van der Waals surface area contributed by atoms with Crippen molar-refractivity contribution in [3.8, 4) is 45.2 Å². The number of ether oxygens (including phenoxy) is 3. The number of rotatable bonds is 19. The van der Waals surface area contributed by atoms with Gasteiger partial charge in [-0.1, -0.05) is 94.9 Å². The maximum Gasteiger partial charge on any atom is 0.338 e. The number of thioether (sulfide) groups is 1. The Bertz CT molecular complexity index is 6230. The summed E-state index contributed by atoms with van der Waals surface area (Å²) in [6.07, 6.45) is 7.33. The highest BCUT2D eigenvalue weighted by atomic mass is 32.2. The van der Waals surface area contributed by atoms with E-state index in [2.05, 4.69) is 88.8 Å². The van der Waals surface area contributed by atoms with E-state index in [9.17, 15) is 32.3 Å². The van der Waals surface area contributed by atoms with Gasteiger partial charge in [0, 0.05) is 84.2 Å². The van der Waals surface area contributed by atoms with Crippen molar-refractivity contribution in [2.75, 3.05) is 58.6 Å². The number of anilines is 4. The first kappa shape index (κ1) is 89.6. The second-order valence-electron chi connectivity index (χ2n) is 35.3. The molecule has 126 heavy (non-hydrogen) atoms. The van der Waals surface area contributed by atoms with Gasteiger partial charge in [-0.15, -0.1) is 0 Å². The number of furan rings is 1. The average Bonchev–Trinajstić information content (AvgIpc) is 1.29. The number of esters is 3. The van der Waals surface area contributed by atoms with Crippen LogP contribution in [0.5, 0.6) is 0 Å². The fourth-order valence-corrected chi connectivity index (χ4v) is 16.0. The van der Waals surface area contributed by atoms with Gasteiger partial charge in [-0.05, 0) is 275 Å². The molecule has 3 saturated heterocycles. The highest BCUT2D eigenvalue weighted by molar-refractivity contribution is 8.14. The lowest BCUT2D eigenvalue weighted by Crippen LogP contribution is -2.28. The molecule has 5 aromatic heterocycles. The minimum atomic E-state index is -0.569. The lowest BCUT2D eigenvalue weighted by atomic mass is 10.0. The maximum atomic E-state index is 13.5. The molecular weight excluding hydrogens is 1610 g/mol. The molecule has 0 aliphatic carbocycles. The van der Waals surface area contributed by atoms with Crippen LogP contribution in [0.15, 0.2) is 211 Å². The first-order valence-corrected chi connectivity index (χ1v) is 44.2. The summed E-state index contributed by atoms with van der Waals surface area (Å²) < 4.78 is 63.0. The van der Waals surface area contributed by atoms with Crippen LogP contribution in [0.25, 0.3) is 100 Å². The molecule has 20 nitrogen and oxygen atoms in total. The first-order valence-electron chi connectivity index (χ1n) is 43.2. The second kappa shape index (κ2) is 39.2. The Morgan fingerprint density at radius 1 is 0.460 bits per heavy atom. The third kappa shape index (κ3) is 22.0. The van der Waals surface area contributed by atoms with E-state index in [1.165, 1.54) is 48.2 Å².